The van der Waals surface area contributed by atoms with E-state index in [-0.39, 0.29) is 29.6 Å². The summed E-state index contributed by atoms with van der Waals surface area (Å²) in [6.45, 7) is 4.61. The minimum atomic E-state index is -0.562. The fourth-order valence-corrected chi connectivity index (χ4v) is 3.85. The summed E-state index contributed by atoms with van der Waals surface area (Å²) in [5.74, 6) is -0.195. The third-order valence-electron chi connectivity index (χ3n) is 5.49. The van der Waals surface area contributed by atoms with Gasteiger partial charge in [-0.05, 0) is 36.5 Å². The maximum Gasteiger partial charge on any atom is 0.332 e. The molecule has 1 aromatic carbocycles. The number of benzene rings is 1. The molecule has 8 heteroatoms. The van der Waals surface area contributed by atoms with Crippen molar-refractivity contribution in [2.45, 2.75) is 44.7 Å². The number of anilines is 1. The molecule has 2 aromatic rings. The van der Waals surface area contributed by atoms with E-state index in [1.807, 2.05) is 24.3 Å². The van der Waals surface area contributed by atoms with Gasteiger partial charge in [-0.25, -0.2) is 14.7 Å². The highest BCUT2D eigenvalue weighted by Gasteiger charge is 2.48. The number of hydrogen-bond donors (Lipinski definition) is 1. The molecule has 2 unspecified atom stereocenters. The van der Waals surface area contributed by atoms with E-state index in [1.165, 1.54) is 23.5 Å². The summed E-state index contributed by atoms with van der Waals surface area (Å²) in [5, 5.41) is 2.91. The summed E-state index contributed by atoms with van der Waals surface area (Å²) in [5.41, 5.74) is 1.96. The van der Waals surface area contributed by atoms with Gasteiger partial charge in [-0.3, -0.25) is 14.6 Å². The van der Waals surface area contributed by atoms with E-state index in [1.54, 1.807) is 4.90 Å². The number of imide groups is 1. The van der Waals surface area contributed by atoms with Crippen molar-refractivity contribution < 1.29 is 14.4 Å². The minimum absolute atomic E-state index is 0.203. The van der Waals surface area contributed by atoms with Crippen LogP contribution in [0.1, 0.15) is 48.7 Å². The lowest BCUT2D eigenvalue weighted by Crippen LogP contribution is -2.49. The molecule has 2 atom stereocenters. The van der Waals surface area contributed by atoms with Crippen molar-refractivity contribution in [2.24, 2.45) is 0 Å². The van der Waals surface area contributed by atoms with Gasteiger partial charge in [0.1, 0.15) is 11.7 Å². The molecule has 0 radical (unpaired) electrons. The Kier molecular flexibility index (Phi) is 5.00. The number of nitrogens with zero attached hydrogens (tertiary/aromatic N) is 4. The highest BCUT2D eigenvalue weighted by atomic mass is 16.2. The Morgan fingerprint density at radius 2 is 1.93 bits per heavy atom. The van der Waals surface area contributed by atoms with Gasteiger partial charge in [-0.1, -0.05) is 26.0 Å². The molecule has 0 bridgehead atoms. The minimum Gasteiger partial charge on any atom is -0.348 e. The van der Waals surface area contributed by atoms with Crippen molar-refractivity contribution >= 4 is 23.5 Å². The highest BCUT2D eigenvalue weighted by molar-refractivity contribution is 6.21. The van der Waals surface area contributed by atoms with Gasteiger partial charge in [0.15, 0.2) is 0 Å². The van der Waals surface area contributed by atoms with Gasteiger partial charge in [-0.2, -0.15) is 0 Å². The van der Waals surface area contributed by atoms with Crippen LogP contribution in [0.4, 0.5) is 10.5 Å². The lowest BCUT2D eigenvalue weighted by atomic mass is 9.97. The second kappa shape index (κ2) is 7.62. The van der Waals surface area contributed by atoms with Crippen LogP contribution in [-0.4, -0.2) is 51.3 Å². The number of hydrogen-bond acceptors (Lipinski definition) is 5. The predicted octanol–water partition coefficient (Wildman–Crippen LogP) is 2.33. The molecular weight excluding hydrogens is 370 g/mol. The van der Waals surface area contributed by atoms with Gasteiger partial charge >= 0.3 is 6.03 Å². The fourth-order valence-electron chi connectivity index (χ4n) is 3.85. The van der Waals surface area contributed by atoms with Crippen molar-refractivity contribution in [2.75, 3.05) is 11.4 Å². The largest absolute Gasteiger partial charge is 0.348 e. The fraction of sp³-hybridized carbons (Fsp3) is 0.381. The molecular formula is C21H23N5O3. The Bertz CT molecular complexity index is 929. The standard InChI is InChI=1S/C21H23N5O3/c1-13(2)14-3-5-16(6-4-14)26-20(28)18-11-15(7-10-25(18)21(26)29)24-19(27)17-12-22-8-9-23-17/h3-6,8-9,12-13,15,18H,7,10-11H2,1-2H3,(H,24,27). The lowest BCUT2D eigenvalue weighted by Gasteiger charge is -2.32. The third kappa shape index (κ3) is 3.57. The number of carbonyl (C=O) groups excluding carboxylic acids is 3. The summed E-state index contributed by atoms with van der Waals surface area (Å²) in [6.07, 6.45) is 5.33. The van der Waals surface area contributed by atoms with Crippen LogP contribution in [0, 0.1) is 0 Å². The van der Waals surface area contributed by atoms with Crippen LogP contribution in [0.2, 0.25) is 0 Å². The van der Waals surface area contributed by atoms with Crippen molar-refractivity contribution in [3.8, 4) is 0 Å². The number of nitrogens with one attached hydrogen (secondary N) is 1. The van der Waals surface area contributed by atoms with Crippen LogP contribution in [0.15, 0.2) is 42.9 Å². The first-order valence-electron chi connectivity index (χ1n) is 9.77. The molecule has 8 nitrogen and oxygen atoms in total. The van der Waals surface area contributed by atoms with Gasteiger partial charge in [-0.15, -0.1) is 0 Å². The van der Waals surface area contributed by atoms with Crippen LogP contribution in [-0.2, 0) is 4.79 Å². The zero-order chi connectivity index (χ0) is 20.5. The average molecular weight is 393 g/mol. The first-order chi connectivity index (χ1) is 14.0. The zero-order valence-corrected chi connectivity index (χ0v) is 16.4. The predicted molar refractivity (Wildman–Crippen MR) is 106 cm³/mol. The molecule has 4 amide bonds. The smallest absolute Gasteiger partial charge is 0.332 e. The number of carbonyl (C=O) groups is 3. The Balaban J connectivity index is 1.47. The Hall–Kier alpha value is -3.29. The molecule has 3 heterocycles. The van der Waals surface area contributed by atoms with E-state index in [0.717, 1.165) is 5.56 Å². The summed E-state index contributed by atoms with van der Waals surface area (Å²) >= 11 is 0. The maximum absolute atomic E-state index is 13.0. The number of urea groups is 1. The summed E-state index contributed by atoms with van der Waals surface area (Å²) < 4.78 is 0. The van der Waals surface area contributed by atoms with E-state index in [4.69, 9.17) is 0 Å². The number of rotatable bonds is 4. The van der Waals surface area contributed by atoms with Crippen LogP contribution >= 0.6 is 0 Å². The van der Waals surface area contributed by atoms with E-state index < -0.39 is 6.04 Å². The molecule has 0 spiro atoms. The summed E-state index contributed by atoms with van der Waals surface area (Å²) in [4.78, 5) is 48.9. The molecule has 2 saturated heterocycles. The number of fused-ring (bicyclic) bond motifs is 1. The van der Waals surface area contributed by atoms with Crippen molar-refractivity contribution in [3.63, 3.8) is 0 Å². The molecule has 1 N–H and O–H groups in total. The first-order valence-corrected chi connectivity index (χ1v) is 9.77. The number of aromatic nitrogens is 2. The molecule has 150 valence electrons. The summed E-state index contributed by atoms with van der Waals surface area (Å²) in [6, 6.07) is 6.46. The zero-order valence-electron chi connectivity index (χ0n) is 16.4. The quantitative estimate of drug-likeness (QED) is 0.805. The second-order valence-electron chi connectivity index (χ2n) is 7.70. The van der Waals surface area contributed by atoms with Gasteiger partial charge in [0.05, 0.1) is 11.9 Å². The van der Waals surface area contributed by atoms with E-state index in [9.17, 15) is 14.4 Å². The average Bonchev–Trinajstić information content (AvgIpc) is 2.98. The van der Waals surface area contributed by atoms with E-state index in [2.05, 4.69) is 29.1 Å². The van der Waals surface area contributed by atoms with Gasteiger partial charge < -0.3 is 10.2 Å². The van der Waals surface area contributed by atoms with E-state index >= 15 is 0 Å². The van der Waals surface area contributed by atoms with Gasteiger partial charge in [0.25, 0.3) is 11.8 Å². The van der Waals surface area contributed by atoms with Crippen molar-refractivity contribution in [1.82, 2.24) is 20.2 Å². The second-order valence-corrected chi connectivity index (χ2v) is 7.70. The van der Waals surface area contributed by atoms with Gasteiger partial charge in [0, 0.05) is 25.0 Å². The van der Waals surface area contributed by atoms with Crippen LogP contribution in [0.5, 0.6) is 0 Å². The number of piperidine rings is 1. The molecule has 0 aliphatic carbocycles. The SMILES string of the molecule is CC(C)c1ccc(N2C(=O)C3CC(NC(=O)c4cnccn4)CCN3C2=O)cc1. The normalized spacial score (nSPS) is 21.5. The molecule has 2 fully saturated rings. The maximum atomic E-state index is 13.0. The Morgan fingerprint density at radius 3 is 2.59 bits per heavy atom. The van der Waals surface area contributed by atoms with E-state index in [0.29, 0.717) is 31.0 Å². The van der Waals surface area contributed by atoms with Crippen LogP contribution < -0.4 is 10.2 Å². The lowest BCUT2D eigenvalue weighted by molar-refractivity contribution is -0.120. The van der Waals surface area contributed by atoms with Gasteiger partial charge in [0.2, 0.25) is 0 Å². The monoisotopic (exact) mass is 393 g/mol. The Labute approximate surface area is 168 Å². The Morgan fingerprint density at radius 1 is 1.17 bits per heavy atom. The number of amides is 4. The molecule has 0 saturated carbocycles. The van der Waals surface area contributed by atoms with Crippen LogP contribution in [0.25, 0.3) is 0 Å². The topological polar surface area (TPSA) is 95.5 Å². The molecule has 2 aliphatic heterocycles. The molecule has 2 aliphatic rings. The van der Waals surface area contributed by atoms with Crippen molar-refractivity contribution in [3.05, 3.63) is 54.1 Å². The summed E-state index contributed by atoms with van der Waals surface area (Å²) in [7, 11) is 0. The highest BCUT2D eigenvalue weighted by Crippen LogP contribution is 2.31. The first kappa shape index (κ1) is 19.0. The van der Waals surface area contributed by atoms with Crippen LogP contribution in [0.3, 0.4) is 0 Å². The molecule has 1 aromatic heterocycles. The molecule has 29 heavy (non-hydrogen) atoms. The van der Waals surface area contributed by atoms with Crippen molar-refractivity contribution in [1.29, 1.82) is 0 Å². The molecule has 4 rings (SSSR count). The third-order valence-corrected chi connectivity index (χ3v) is 5.49.